The molecule has 4 nitrogen and oxygen atoms in total. The average molecular weight is 206 g/mol. The first-order valence-electron chi connectivity index (χ1n) is 4.73. The Bertz CT molecular complexity index is 380. The first kappa shape index (κ1) is 11.2. The zero-order chi connectivity index (χ0) is 11.3. The third-order valence-corrected chi connectivity index (χ3v) is 2.15. The van der Waals surface area contributed by atoms with Crippen molar-refractivity contribution in [2.75, 3.05) is 0 Å². The fraction of sp³-hybridized carbons (Fsp3) is 0.273. The SMILES string of the molecule is CCC(=N/O)/C(=N\O)c1ccc(C)cc1. The van der Waals surface area contributed by atoms with E-state index in [1.807, 2.05) is 38.1 Å². The molecule has 0 saturated carbocycles. The van der Waals surface area contributed by atoms with Crippen LogP contribution in [0.2, 0.25) is 0 Å². The summed E-state index contributed by atoms with van der Waals surface area (Å²) >= 11 is 0. The molecule has 0 aliphatic heterocycles. The maximum Gasteiger partial charge on any atom is 0.134 e. The van der Waals surface area contributed by atoms with Gasteiger partial charge in [0.15, 0.2) is 0 Å². The lowest BCUT2D eigenvalue weighted by Gasteiger charge is -2.04. The predicted molar refractivity (Wildman–Crippen MR) is 59.0 cm³/mol. The third-order valence-electron chi connectivity index (χ3n) is 2.15. The van der Waals surface area contributed by atoms with Gasteiger partial charge in [-0.15, -0.1) is 0 Å². The summed E-state index contributed by atoms with van der Waals surface area (Å²) in [6.45, 7) is 3.80. The van der Waals surface area contributed by atoms with E-state index >= 15 is 0 Å². The monoisotopic (exact) mass is 206 g/mol. The van der Waals surface area contributed by atoms with Gasteiger partial charge in [-0.1, -0.05) is 47.1 Å². The van der Waals surface area contributed by atoms with Crippen LogP contribution in [0.25, 0.3) is 0 Å². The molecule has 0 radical (unpaired) electrons. The summed E-state index contributed by atoms with van der Waals surface area (Å²) in [5.74, 6) is 0. The molecule has 0 spiro atoms. The van der Waals surface area contributed by atoms with Crippen molar-refractivity contribution in [2.45, 2.75) is 20.3 Å². The Labute approximate surface area is 88.5 Å². The molecule has 1 aromatic rings. The van der Waals surface area contributed by atoms with Crippen LogP contribution in [0.1, 0.15) is 24.5 Å². The largest absolute Gasteiger partial charge is 0.411 e. The van der Waals surface area contributed by atoms with Crippen LogP contribution in [0.3, 0.4) is 0 Å². The molecule has 0 fully saturated rings. The number of nitrogens with zero attached hydrogens (tertiary/aromatic N) is 2. The van der Waals surface area contributed by atoms with E-state index in [2.05, 4.69) is 10.3 Å². The van der Waals surface area contributed by atoms with Crippen LogP contribution in [0, 0.1) is 6.92 Å². The van der Waals surface area contributed by atoms with E-state index in [-0.39, 0.29) is 0 Å². The van der Waals surface area contributed by atoms with Crippen LogP contribution in [0.4, 0.5) is 0 Å². The highest BCUT2D eigenvalue weighted by atomic mass is 16.4. The lowest BCUT2D eigenvalue weighted by atomic mass is 10.0. The zero-order valence-electron chi connectivity index (χ0n) is 8.81. The molecule has 80 valence electrons. The van der Waals surface area contributed by atoms with Crippen molar-refractivity contribution in [3.63, 3.8) is 0 Å². The number of oxime groups is 2. The molecule has 0 saturated heterocycles. The van der Waals surface area contributed by atoms with Crippen molar-refractivity contribution < 1.29 is 10.4 Å². The molecule has 2 N–H and O–H groups in total. The van der Waals surface area contributed by atoms with Gasteiger partial charge in [0.25, 0.3) is 0 Å². The van der Waals surface area contributed by atoms with Crippen LogP contribution in [-0.4, -0.2) is 21.8 Å². The molecule has 0 heterocycles. The highest BCUT2D eigenvalue weighted by Crippen LogP contribution is 2.07. The van der Waals surface area contributed by atoms with Crippen molar-refractivity contribution in [2.24, 2.45) is 10.3 Å². The molecule has 1 aromatic carbocycles. The molecule has 0 unspecified atom stereocenters. The van der Waals surface area contributed by atoms with Gasteiger partial charge in [-0.2, -0.15) is 0 Å². The summed E-state index contributed by atoms with van der Waals surface area (Å²) in [5, 5.41) is 23.9. The summed E-state index contributed by atoms with van der Waals surface area (Å²) in [6.07, 6.45) is 0.504. The van der Waals surface area contributed by atoms with Crippen molar-refractivity contribution in [1.29, 1.82) is 0 Å². The maximum absolute atomic E-state index is 8.88. The van der Waals surface area contributed by atoms with Gasteiger partial charge in [-0.05, 0) is 13.3 Å². The van der Waals surface area contributed by atoms with Crippen molar-refractivity contribution in [3.8, 4) is 0 Å². The van der Waals surface area contributed by atoms with E-state index in [1.165, 1.54) is 0 Å². The molecule has 0 aliphatic carbocycles. The van der Waals surface area contributed by atoms with E-state index < -0.39 is 0 Å². The van der Waals surface area contributed by atoms with Gasteiger partial charge >= 0.3 is 0 Å². The van der Waals surface area contributed by atoms with Crippen molar-refractivity contribution in [3.05, 3.63) is 35.4 Å². The van der Waals surface area contributed by atoms with Crippen LogP contribution < -0.4 is 0 Å². The fourth-order valence-electron chi connectivity index (χ4n) is 1.28. The van der Waals surface area contributed by atoms with Gasteiger partial charge in [0, 0.05) is 5.56 Å². The highest BCUT2D eigenvalue weighted by molar-refractivity contribution is 6.48. The standard InChI is InChI=1S/C11H14N2O2/c1-3-10(12-14)11(13-15)9-6-4-8(2)5-7-9/h4-7,14-15H,3H2,1-2H3/b12-10-,13-11-. The Hall–Kier alpha value is -1.84. The second kappa shape index (κ2) is 5.14. The Balaban J connectivity index is 3.09. The van der Waals surface area contributed by atoms with Crippen LogP contribution >= 0.6 is 0 Å². The van der Waals surface area contributed by atoms with E-state index in [0.717, 1.165) is 11.1 Å². The maximum atomic E-state index is 8.88. The quantitative estimate of drug-likeness (QED) is 0.453. The Morgan fingerprint density at radius 1 is 1.13 bits per heavy atom. The molecule has 0 aliphatic rings. The number of aryl methyl sites for hydroxylation is 1. The molecular weight excluding hydrogens is 192 g/mol. The van der Waals surface area contributed by atoms with E-state index in [4.69, 9.17) is 10.4 Å². The number of rotatable bonds is 3. The van der Waals surface area contributed by atoms with E-state index in [0.29, 0.717) is 17.8 Å². The van der Waals surface area contributed by atoms with Crippen LogP contribution in [0.15, 0.2) is 34.6 Å². The molecule has 0 bridgehead atoms. The smallest absolute Gasteiger partial charge is 0.134 e. The molecule has 15 heavy (non-hydrogen) atoms. The summed E-state index contributed by atoms with van der Waals surface area (Å²) in [7, 11) is 0. The second-order valence-electron chi connectivity index (χ2n) is 3.21. The first-order chi connectivity index (χ1) is 7.22. The van der Waals surface area contributed by atoms with Crippen LogP contribution in [-0.2, 0) is 0 Å². The topological polar surface area (TPSA) is 65.2 Å². The molecule has 0 atom stereocenters. The van der Waals surface area contributed by atoms with Crippen molar-refractivity contribution >= 4 is 11.4 Å². The minimum atomic E-state index is 0.306. The van der Waals surface area contributed by atoms with Crippen molar-refractivity contribution in [1.82, 2.24) is 0 Å². The van der Waals surface area contributed by atoms with E-state index in [9.17, 15) is 0 Å². The average Bonchev–Trinajstić information content (AvgIpc) is 2.27. The fourth-order valence-corrected chi connectivity index (χ4v) is 1.28. The number of hydrogen-bond donors (Lipinski definition) is 2. The Morgan fingerprint density at radius 3 is 2.13 bits per heavy atom. The summed E-state index contributed by atoms with van der Waals surface area (Å²) < 4.78 is 0. The van der Waals surface area contributed by atoms with Gasteiger partial charge in [0.2, 0.25) is 0 Å². The second-order valence-corrected chi connectivity index (χ2v) is 3.21. The predicted octanol–water partition coefficient (Wildman–Crippen LogP) is 2.41. The van der Waals surface area contributed by atoms with Gasteiger partial charge in [0.05, 0.1) is 0 Å². The minimum absolute atomic E-state index is 0.306. The summed E-state index contributed by atoms with van der Waals surface area (Å²) in [5.41, 5.74) is 2.52. The lowest BCUT2D eigenvalue weighted by molar-refractivity contribution is 0.313. The summed E-state index contributed by atoms with van der Waals surface area (Å²) in [6, 6.07) is 7.47. The lowest BCUT2D eigenvalue weighted by Crippen LogP contribution is -2.14. The minimum Gasteiger partial charge on any atom is -0.411 e. The Kier molecular flexibility index (Phi) is 3.85. The highest BCUT2D eigenvalue weighted by Gasteiger charge is 2.11. The van der Waals surface area contributed by atoms with Gasteiger partial charge in [-0.25, -0.2) is 0 Å². The number of hydrogen-bond acceptors (Lipinski definition) is 4. The molecule has 4 heteroatoms. The first-order valence-corrected chi connectivity index (χ1v) is 4.73. The molecular formula is C11H14N2O2. The normalized spacial score (nSPS) is 12.9. The zero-order valence-corrected chi connectivity index (χ0v) is 8.81. The third kappa shape index (κ3) is 2.56. The Morgan fingerprint density at radius 2 is 1.73 bits per heavy atom. The van der Waals surface area contributed by atoms with Gasteiger partial charge in [-0.3, -0.25) is 0 Å². The van der Waals surface area contributed by atoms with Crippen LogP contribution in [0.5, 0.6) is 0 Å². The van der Waals surface area contributed by atoms with E-state index in [1.54, 1.807) is 0 Å². The molecule has 0 aromatic heterocycles. The summed E-state index contributed by atoms with van der Waals surface area (Å²) in [4.78, 5) is 0. The van der Waals surface area contributed by atoms with Gasteiger partial charge < -0.3 is 10.4 Å². The molecule has 0 amide bonds. The van der Waals surface area contributed by atoms with Gasteiger partial charge in [0.1, 0.15) is 11.4 Å². The molecule has 1 rings (SSSR count). The number of benzene rings is 1.